The predicted octanol–water partition coefficient (Wildman–Crippen LogP) is 3.40. The van der Waals surface area contributed by atoms with Gasteiger partial charge in [-0.05, 0) is 52.0 Å². The molecule has 0 saturated heterocycles. The topological polar surface area (TPSA) is 87.6 Å². The largest absolute Gasteiger partial charge is 0.335 e. The summed E-state index contributed by atoms with van der Waals surface area (Å²) < 4.78 is 1.92. The average Bonchev–Trinajstić information content (AvgIpc) is 3.12. The molecule has 2 heterocycles. The lowest BCUT2D eigenvalue weighted by atomic mass is 10.2. The Bertz CT molecular complexity index is 879. The first-order valence-corrected chi connectivity index (χ1v) is 8.48. The molecule has 0 radical (unpaired) electrons. The lowest BCUT2D eigenvalue weighted by Crippen LogP contribution is -2.37. The predicted molar refractivity (Wildman–Crippen MR) is 98.8 cm³/mol. The molecule has 0 aliphatic rings. The molecule has 3 rings (SSSR count). The minimum absolute atomic E-state index is 0.0184. The van der Waals surface area contributed by atoms with Gasteiger partial charge in [-0.3, -0.25) is 9.78 Å². The van der Waals surface area contributed by atoms with E-state index in [1.807, 2.05) is 49.0 Å². The van der Waals surface area contributed by atoms with Crippen LogP contribution < -0.4 is 10.6 Å². The van der Waals surface area contributed by atoms with E-state index in [1.165, 1.54) is 0 Å². The number of aromatic nitrogens is 4. The van der Waals surface area contributed by atoms with Crippen molar-refractivity contribution in [3.8, 4) is 0 Å². The normalized spacial score (nSPS) is 12.5. The molecule has 0 unspecified atom stereocenters. The standard InChI is InChI=1S/C18H24N6O/c1-11(2)24-10-14-9-15(5-6-17(14)23-24)20-18(25)19-12(3)7-16-8-13(4)21-22-16/h5-6,8-12H,7H2,1-4H3,(H,21,22)(H2,19,20,25)/t12-/m0/s1. The van der Waals surface area contributed by atoms with Crippen molar-refractivity contribution in [3.05, 3.63) is 41.9 Å². The number of hydrogen-bond acceptors (Lipinski definition) is 3. The lowest BCUT2D eigenvalue weighted by molar-refractivity contribution is 0.249. The van der Waals surface area contributed by atoms with E-state index in [2.05, 4.69) is 39.8 Å². The Labute approximate surface area is 146 Å². The molecule has 1 atom stereocenters. The van der Waals surface area contributed by atoms with E-state index in [1.54, 1.807) is 0 Å². The fraction of sp³-hybridized carbons (Fsp3) is 0.389. The number of anilines is 1. The van der Waals surface area contributed by atoms with Gasteiger partial charge in [0.15, 0.2) is 0 Å². The molecule has 1 aromatic carbocycles. The zero-order valence-electron chi connectivity index (χ0n) is 15.0. The Morgan fingerprint density at radius 1 is 1.28 bits per heavy atom. The van der Waals surface area contributed by atoms with E-state index < -0.39 is 0 Å². The molecule has 0 fully saturated rings. The van der Waals surface area contributed by atoms with Gasteiger partial charge in [0, 0.05) is 41.5 Å². The number of fused-ring (bicyclic) bond motifs is 1. The summed E-state index contributed by atoms with van der Waals surface area (Å²) in [5.74, 6) is 0. The van der Waals surface area contributed by atoms with Crippen LogP contribution >= 0.6 is 0 Å². The van der Waals surface area contributed by atoms with E-state index in [0.29, 0.717) is 12.5 Å². The number of nitrogens with one attached hydrogen (secondary N) is 3. The van der Waals surface area contributed by atoms with Crippen LogP contribution in [0.15, 0.2) is 30.5 Å². The van der Waals surface area contributed by atoms with E-state index in [-0.39, 0.29) is 12.1 Å². The molecule has 0 saturated carbocycles. The number of amides is 2. The first-order chi connectivity index (χ1) is 11.9. The third kappa shape index (κ3) is 4.17. The van der Waals surface area contributed by atoms with Gasteiger partial charge in [-0.15, -0.1) is 0 Å². The molecule has 0 bridgehead atoms. The third-order valence-corrected chi connectivity index (χ3v) is 3.96. The summed E-state index contributed by atoms with van der Waals surface area (Å²) in [5, 5.41) is 18.4. The molecular formula is C18H24N6O. The summed E-state index contributed by atoms with van der Waals surface area (Å²) in [6.07, 6.45) is 2.67. The lowest BCUT2D eigenvalue weighted by Gasteiger charge is -2.13. The molecule has 0 aliphatic heterocycles. The number of aromatic amines is 1. The smallest absolute Gasteiger partial charge is 0.319 e. The number of carbonyl (C=O) groups is 1. The van der Waals surface area contributed by atoms with Crippen molar-refractivity contribution in [2.45, 2.75) is 46.2 Å². The Morgan fingerprint density at radius 2 is 2.08 bits per heavy atom. The Kier molecular flexibility index (Phi) is 4.74. The summed E-state index contributed by atoms with van der Waals surface area (Å²) in [6, 6.07) is 7.75. The van der Waals surface area contributed by atoms with Crippen LogP contribution in [-0.4, -0.2) is 32.1 Å². The molecular weight excluding hydrogens is 316 g/mol. The van der Waals surface area contributed by atoms with Crippen LogP contribution in [0.4, 0.5) is 10.5 Å². The highest BCUT2D eigenvalue weighted by Gasteiger charge is 2.11. The van der Waals surface area contributed by atoms with Crippen molar-refractivity contribution in [1.82, 2.24) is 25.3 Å². The van der Waals surface area contributed by atoms with Crippen molar-refractivity contribution >= 4 is 22.6 Å². The summed E-state index contributed by atoms with van der Waals surface area (Å²) in [4.78, 5) is 12.2. The highest BCUT2D eigenvalue weighted by molar-refractivity contribution is 5.92. The molecule has 7 heteroatoms. The van der Waals surface area contributed by atoms with Gasteiger partial charge in [0.1, 0.15) is 0 Å². The second-order valence-corrected chi connectivity index (χ2v) is 6.72. The minimum atomic E-state index is -0.227. The molecule has 2 amide bonds. The van der Waals surface area contributed by atoms with Gasteiger partial charge < -0.3 is 10.6 Å². The van der Waals surface area contributed by atoms with Crippen molar-refractivity contribution < 1.29 is 4.79 Å². The fourth-order valence-electron chi connectivity index (χ4n) is 2.72. The fourth-order valence-corrected chi connectivity index (χ4v) is 2.72. The number of carbonyl (C=O) groups excluding carboxylic acids is 1. The molecule has 3 N–H and O–H groups in total. The first kappa shape index (κ1) is 17.0. The Hall–Kier alpha value is -2.83. The van der Waals surface area contributed by atoms with E-state index in [9.17, 15) is 4.79 Å². The number of urea groups is 1. The summed E-state index contributed by atoms with van der Waals surface area (Å²) >= 11 is 0. The number of nitrogens with zero attached hydrogens (tertiary/aromatic N) is 3. The second-order valence-electron chi connectivity index (χ2n) is 6.72. The number of rotatable bonds is 5. The van der Waals surface area contributed by atoms with Crippen molar-refractivity contribution in [2.24, 2.45) is 0 Å². The maximum Gasteiger partial charge on any atom is 0.319 e. The van der Waals surface area contributed by atoms with Crippen LogP contribution in [-0.2, 0) is 6.42 Å². The molecule has 0 aliphatic carbocycles. The van der Waals surface area contributed by atoms with E-state index >= 15 is 0 Å². The quantitative estimate of drug-likeness (QED) is 0.665. The molecule has 132 valence electrons. The maximum atomic E-state index is 12.2. The summed E-state index contributed by atoms with van der Waals surface area (Å²) in [7, 11) is 0. The van der Waals surface area contributed by atoms with Gasteiger partial charge in [-0.25, -0.2) is 4.79 Å². The zero-order valence-corrected chi connectivity index (χ0v) is 15.0. The highest BCUT2D eigenvalue weighted by atomic mass is 16.2. The van der Waals surface area contributed by atoms with Crippen molar-refractivity contribution in [1.29, 1.82) is 0 Å². The number of H-pyrrole nitrogens is 1. The third-order valence-electron chi connectivity index (χ3n) is 3.96. The molecule has 7 nitrogen and oxygen atoms in total. The van der Waals surface area contributed by atoms with E-state index in [4.69, 9.17) is 0 Å². The minimum Gasteiger partial charge on any atom is -0.335 e. The highest BCUT2D eigenvalue weighted by Crippen LogP contribution is 2.19. The van der Waals surface area contributed by atoms with Crippen molar-refractivity contribution in [3.63, 3.8) is 0 Å². The van der Waals surface area contributed by atoms with Crippen LogP contribution in [0.3, 0.4) is 0 Å². The van der Waals surface area contributed by atoms with Gasteiger partial charge in [-0.1, -0.05) is 0 Å². The van der Waals surface area contributed by atoms with Gasteiger partial charge in [0.25, 0.3) is 0 Å². The van der Waals surface area contributed by atoms with Gasteiger partial charge in [-0.2, -0.15) is 10.2 Å². The van der Waals surface area contributed by atoms with Gasteiger partial charge in [0.2, 0.25) is 0 Å². The Balaban J connectivity index is 1.61. The first-order valence-electron chi connectivity index (χ1n) is 8.48. The molecule has 0 spiro atoms. The summed E-state index contributed by atoms with van der Waals surface area (Å²) in [5.41, 5.74) is 3.62. The molecule has 2 aromatic heterocycles. The number of benzene rings is 1. The SMILES string of the molecule is Cc1cc(C[C@H](C)NC(=O)Nc2ccc3nn(C(C)C)cc3c2)n[nH]1. The maximum absolute atomic E-state index is 12.2. The van der Waals surface area contributed by atoms with E-state index in [0.717, 1.165) is 28.0 Å². The Morgan fingerprint density at radius 3 is 2.76 bits per heavy atom. The van der Waals surface area contributed by atoms with Crippen LogP contribution in [0.2, 0.25) is 0 Å². The van der Waals surface area contributed by atoms with Gasteiger partial charge in [0.05, 0.1) is 11.2 Å². The van der Waals surface area contributed by atoms with Crippen LogP contribution in [0, 0.1) is 6.92 Å². The molecule has 25 heavy (non-hydrogen) atoms. The molecule has 3 aromatic rings. The van der Waals surface area contributed by atoms with Crippen LogP contribution in [0.1, 0.15) is 38.2 Å². The van der Waals surface area contributed by atoms with Crippen molar-refractivity contribution in [2.75, 3.05) is 5.32 Å². The monoisotopic (exact) mass is 340 g/mol. The number of aryl methyl sites for hydroxylation is 1. The van der Waals surface area contributed by atoms with Gasteiger partial charge >= 0.3 is 6.03 Å². The van der Waals surface area contributed by atoms with Crippen LogP contribution in [0.25, 0.3) is 10.9 Å². The number of hydrogen-bond donors (Lipinski definition) is 3. The summed E-state index contributed by atoms with van der Waals surface area (Å²) in [6.45, 7) is 8.08. The van der Waals surface area contributed by atoms with Crippen LogP contribution in [0.5, 0.6) is 0 Å². The second kappa shape index (κ2) is 6.96. The average molecular weight is 340 g/mol. The zero-order chi connectivity index (χ0) is 18.0.